The highest BCUT2D eigenvalue weighted by Crippen LogP contribution is 2.50. The van der Waals surface area contributed by atoms with E-state index in [-0.39, 0.29) is 5.41 Å². The van der Waals surface area contributed by atoms with Crippen LogP contribution in [0, 0.1) is 33.1 Å². The lowest BCUT2D eigenvalue weighted by Crippen LogP contribution is -2.71. The van der Waals surface area contributed by atoms with Crippen LogP contribution in [0.25, 0.3) is 0 Å². The van der Waals surface area contributed by atoms with Crippen molar-refractivity contribution in [1.82, 2.24) is 0 Å². The third kappa shape index (κ3) is 3.49. The van der Waals surface area contributed by atoms with Crippen molar-refractivity contribution in [2.75, 3.05) is 0 Å². The minimum atomic E-state index is -2.59. The molecule has 1 heteroatoms. The van der Waals surface area contributed by atoms with Crippen LogP contribution in [0.3, 0.4) is 0 Å². The Bertz CT molecular complexity index is 1250. The van der Waals surface area contributed by atoms with E-state index in [1.807, 2.05) is 0 Å². The lowest BCUT2D eigenvalue weighted by Gasteiger charge is -2.44. The van der Waals surface area contributed by atoms with Crippen LogP contribution in [0.15, 0.2) is 88.6 Å². The fourth-order valence-corrected chi connectivity index (χ4v) is 13.0. The molecular weight excluding hydrogens is 412 g/mol. The molecule has 3 aromatic carbocycles. The Morgan fingerprint density at radius 3 is 1.61 bits per heavy atom. The van der Waals surface area contributed by atoms with Gasteiger partial charge < -0.3 is 0 Å². The van der Waals surface area contributed by atoms with Crippen LogP contribution >= 0.6 is 0 Å². The summed E-state index contributed by atoms with van der Waals surface area (Å²) in [4.78, 5) is 0. The first-order chi connectivity index (χ1) is 15.5. The minimum absolute atomic E-state index is 0.00258. The third-order valence-electron chi connectivity index (χ3n) is 8.16. The van der Waals surface area contributed by atoms with Crippen molar-refractivity contribution in [3.8, 4) is 0 Å². The van der Waals surface area contributed by atoms with Gasteiger partial charge in [0, 0.05) is 5.41 Å². The molecule has 0 amide bonds. The van der Waals surface area contributed by atoms with Gasteiger partial charge in [-0.25, -0.2) is 0 Å². The molecule has 0 saturated carbocycles. The molecule has 0 bridgehead atoms. The fraction of sp³-hybridized carbons (Fsp3) is 0.312. The number of hydrogen-bond acceptors (Lipinski definition) is 0. The zero-order valence-corrected chi connectivity index (χ0v) is 22.9. The van der Waals surface area contributed by atoms with E-state index >= 15 is 0 Å². The second kappa shape index (κ2) is 8.29. The Morgan fingerprint density at radius 1 is 0.576 bits per heavy atom. The largest absolute Gasteiger partial charge is 0.177 e. The topological polar surface area (TPSA) is 0 Å². The van der Waals surface area contributed by atoms with Crippen LogP contribution in [-0.2, 0) is 0 Å². The van der Waals surface area contributed by atoms with Crippen LogP contribution in [0.4, 0.5) is 0 Å². The Balaban J connectivity index is 2.31. The summed E-state index contributed by atoms with van der Waals surface area (Å²) < 4.78 is 0. The smallest absolute Gasteiger partial charge is 0.0623 e. The molecule has 3 aromatic rings. The maximum atomic E-state index is 2.48. The van der Waals surface area contributed by atoms with Crippen molar-refractivity contribution in [2.45, 2.75) is 62.3 Å². The highest BCUT2D eigenvalue weighted by molar-refractivity contribution is 7.16. The molecule has 0 aromatic heterocycles. The van der Waals surface area contributed by atoms with E-state index in [1.165, 1.54) is 49.3 Å². The summed E-state index contributed by atoms with van der Waals surface area (Å²) in [5.41, 5.74) is 9.99. The minimum Gasteiger partial charge on any atom is -0.0623 e. The highest BCUT2D eigenvalue weighted by Gasteiger charge is 2.53. The molecule has 0 radical (unpaired) electrons. The predicted molar refractivity (Wildman–Crippen MR) is 148 cm³/mol. The van der Waals surface area contributed by atoms with Gasteiger partial charge in [-0.05, 0) is 69.6 Å². The van der Waals surface area contributed by atoms with Gasteiger partial charge in [-0.1, -0.05) is 119 Å². The van der Waals surface area contributed by atoms with Gasteiger partial charge in [0.15, 0.2) is 8.07 Å². The molecule has 1 aliphatic carbocycles. The monoisotopic (exact) mass is 450 g/mol. The second-order valence-electron chi connectivity index (χ2n) is 10.6. The molecule has 1 atom stereocenters. The maximum Gasteiger partial charge on any atom is 0.177 e. The van der Waals surface area contributed by atoms with Crippen molar-refractivity contribution >= 4 is 23.6 Å². The number of aryl methyl sites for hydroxylation is 4. The van der Waals surface area contributed by atoms with E-state index in [4.69, 9.17) is 0 Å². The van der Waals surface area contributed by atoms with Gasteiger partial charge in [0.1, 0.15) is 0 Å². The summed E-state index contributed by atoms with van der Waals surface area (Å²) in [5, 5.41) is 6.20. The Hall–Kier alpha value is -2.64. The van der Waals surface area contributed by atoms with Crippen molar-refractivity contribution in [3.63, 3.8) is 0 Å². The van der Waals surface area contributed by atoms with Crippen LogP contribution in [0.2, 0.25) is 0 Å². The van der Waals surface area contributed by atoms with Crippen molar-refractivity contribution in [2.24, 2.45) is 5.41 Å². The van der Waals surface area contributed by atoms with E-state index in [2.05, 4.69) is 129 Å². The standard InChI is InChI=1S/C32H38Si/c1-21-18-22(2)20-29(19-21)33(28-16-11-10-12-17-28,30-23(3)14-13-15-24(30)4)31-26(6)25(5)27(7)32(31,8)9/h10-20H,1-9H3. The summed E-state index contributed by atoms with van der Waals surface area (Å²) in [6.07, 6.45) is 0. The normalized spacial score (nSPS) is 17.5. The van der Waals surface area contributed by atoms with Crippen molar-refractivity contribution in [1.29, 1.82) is 0 Å². The number of allylic oxidation sites excluding steroid dienone is 4. The van der Waals surface area contributed by atoms with Crippen molar-refractivity contribution in [3.05, 3.63) is 111 Å². The van der Waals surface area contributed by atoms with Crippen LogP contribution in [-0.4, -0.2) is 8.07 Å². The van der Waals surface area contributed by atoms with Gasteiger partial charge in [-0.15, -0.1) is 0 Å². The average Bonchev–Trinajstić information content (AvgIpc) is 2.90. The SMILES string of the molecule is CC1=C(C)C(C)(C)C([Si](c2ccccc2)(c2cc(C)cc(C)c2)c2c(C)cccc2C)=C1C. The molecule has 0 nitrogen and oxygen atoms in total. The van der Waals surface area contributed by atoms with E-state index in [0.717, 1.165) is 0 Å². The number of hydrogen-bond donors (Lipinski definition) is 0. The molecule has 0 heterocycles. The molecule has 1 unspecified atom stereocenters. The molecule has 4 rings (SSSR count). The average molecular weight is 451 g/mol. The molecule has 33 heavy (non-hydrogen) atoms. The second-order valence-corrected chi connectivity index (χ2v) is 14.3. The molecule has 0 aliphatic heterocycles. The lowest BCUT2D eigenvalue weighted by atomic mass is 9.87. The van der Waals surface area contributed by atoms with Crippen molar-refractivity contribution < 1.29 is 0 Å². The number of rotatable bonds is 4. The molecule has 0 fully saturated rings. The molecule has 0 N–H and O–H groups in total. The lowest BCUT2D eigenvalue weighted by molar-refractivity contribution is 0.570. The summed E-state index contributed by atoms with van der Waals surface area (Å²) >= 11 is 0. The molecule has 1 aliphatic rings. The first-order valence-corrected chi connectivity index (χ1v) is 14.1. The Kier molecular flexibility index (Phi) is 5.91. The molecular formula is C32H38Si. The van der Waals surface area contributed by atoms with E-state index in [1.54, 1.807) is 10.4 Å². The van der Waals surface area contributed by atoms with Gasteiger partial charge in [0.05, 0.1) is 0 Å². The first-order valence-electron chi connectivity index (χ1n) is 12.1. The maximum absolute atomic E-state index is 2.59. The molecule has 170 valence electrons. The Labute approximate surface area is 202 Å². The summed E-state index contributed by atoms with van der Waals surface area (Å²) in [6.45, 7) is 21.1. The van der Waals surface area contributed by atoms with Gasteiger partial charge in [-0.3, -0.25) is 0 Å². The third-order valence-corrected chi connectivity index (χ3v) is 13.8. The summed E-state index contributed by atoms with van der Waals surface area (Å²) in [7, 11) is -2.59. The zero-order chi connectivity index (χ0) is 24.1. The fourth-order valence-electron chi connectivity index (χ4n) is 6.50. The highest BCUT2D eigenvalue weighted by atomic mass is 28.3. The zero-order valence-electron chi connectivity index (χ0n) is 21.9. The van der Waals surface area contributed by atoms with E-state index < -0.39 is 8.07 Å². The van der Waals surface area contributed by atoms with Gasteiger partial charge in [0.2, 0.25) is 0 Å². The van der Waals surface area contributed by atoms with Gasteiger partial charge in [-0.2, -0.15) is 0 Å². The van der Waals surface area contributed by atoms with Crippen LogP contribution < -0.4 is 15.6 Å². The first kappa shape index (κ1) is 23.5. The van der Waals surface area contributed by atoms with Crippen LogP contribution in [0.5, 0.6) is 0 Å². The van der Waals surface area contributed by atoms with Gasteiger partial charge >= 0.3 is 0 Å². The van der Waals surface area contributed by atoms with Crippen LogP contribution in [0.1, 0.15) is 56.9 Å². The van der Waals surface area contributed by atoms with Gasteiger partial charge in [0.25, 0.3) is 0 Å². The summed E-state index contributed by atoms with van der Waals surface area (Å²) in [6, 6.07) is 25.6. The number of benzene rings is 3. The molecule has 0 saturated heterocycles. The predicted octanol–water partition coefficient (Wildman–Crippen LogP) is 6.62. The summed E-state index contributed by atoms with van der Waals surface area (Å²) in [5.74, 6) is 0. The van der Waals surface area contributed by atoms with E-state index in [0.29, 0.717) is 0 Å². The Morgan fingerprint density at radius 2 is 1.12 bits per heavy atom. The quantitative estimate of drug-likeness (QED) is 0.309. The molecule has 0 spiro atoms. The van der Waals surface area contributed by atoms with E-state index in [9.17, 15) is 0 Å².